The van der Waals surface area contributed by atoms with Gasteiger partial charge in [-0.15, -0.1) is 0 Å². The van der Waals surface area contributed by atoms with Crippen LogP contribution < -0.4 is 21.3 Å². The molecule has 0 radical (unpaired) electrons. The number of likely N-dealkylation sites (tertiary alicyclic amines) is 1. The molecular formula is C17H35N5O2. The lowest BCUT2D eigenvalue weighted by atomic mass is 10.1. The Morgan fingerprint density at radius 1 is 0.750 bits per heavy atom. The number of nitrogens with one attached hydrogen (secondary N) is 4. The third kappa shape index (κ3) is 11.1. The quantitative estimate of drug-likeness (QED) is 0.431. The molecule has 4 N–H and O–H groups in total. The van der Waals surface area contributed by atoms with Gasteiger partial charge in [-0.1, -0.05) is 19.3 Å². The van der Waals surface area contributed by atoms with E-state index in [0.717, 1.165) is 45.2 Å². The summed E-state index contributed by atoms with van der Waals surface area (Å²) >= 11 is 0. The Kier molecular flexibility index (Phi) is 11.9. The van der Waals surface area contributed by atoms with Crippen LogP contribution in [0.25, 0.3) is 0 Å². The molecule has 4 amide bonds. The van der Waals surface area contributed by atoms with Crippen molar-refractivity contribution in [3.63, 3.8) is 0 Å². The first-order valence-corrected chi connectivity index (χ1v) is 9.42. The summed E-state index contributed by atoms with van der Waals surface area (Å²) in [7, 11) is 1.61. The Labute approximate surface area is 146 Å². The first kappa shape index (κ1) is 20.5. The Hall–Kier alpha value is -1.50. The third-order valence-electron chi connectivity index (χ3n) is 4.29. The van der Waals surface area contributed by atoms with Gasteiger partial charge >= 0.3 is 12.1 Å². The van der Waals surface area contributed by atoms with Gasteiger partial charge in [-0.05, 0) is 51.7 Å². The summed E-state index contributed by atoms with van der Waals surface area (Å²) in [5.41, 5.74) is 0. The number of carbonyl (C=O) groups excluding carboxylic acids is 2. The molecule has 1 heterocycles. The topological polar surface area (TPSA) is 85.5 Å². The number of hydrogen-bond acceptors (Lipinski definition) is 3. The van der Waals surface area contributed by atoms with Crippen molar-refractivity contribution in [3.05, 3.63) is 0 Å². The molecule has 0 aliphatic carbocycles. The average Bonchev–Trinajstić information content (AvgIpc) is 2.61. The van der Waals surface area contributed by atoms with Crippen LogP contribution in [0.3, 0.4) is 0 Å². The zero-order valence-electron chi connectivity index (χ0n) is 15.2. The van der Waals surface area contributed by atoms with Gasteiger partial charge in [0.05, 0.1) is 0 Å². The van der Waals surface area contributed by atoms with E-state index in [4.69, 9.17) is 0 Å². The molecule has 0 aromatic heterocycles. The molecule has 1 fully saturated rings. The van der Waals surface area contributed by atoms with Gasteiger partial charge in [-0.25, -0.2) is 9.59 Å². The van der Waals surface area contributed by atoms with Crippen molar-refractivity contribution in [1.82, 2.24) is 26.2 Å². The highest BCUT2D eigenvalue weighted by atomic mass is 16.2. The molecule has 0 bridgehead atoms. The van der Waals surface area contributed by atoms with Gasteiger partial charge in [0.25, 0.3) is 0 Å². The third-order valence-corrected chi connectivity index (χ3v) is 4.29. The lowest BCUT2D eigenvalue weighted by molar-refractivity contribution is 0.222. The molecule has 0 aromatic carbocycles. The number of nitrogens with zero attached hydrogens (tertiary/aromatic N) is 1. The van der Waals surface area contributed by atoms with Gasteiger partial charge in [-0.2, -0.15) is 0 Å². The molecule has 0 atom stereocenters. The summed E-state index contributed by atoms with van der Waals surface area (Å²) in [5.74, 6) is 0. The first-order chi connectivity index (χ1) is 11.7. The highest BCUT2D eigenvalue weighted by Gasteiger charge is 2.09. The van der Waals surface area contributed by atoms with Crippen LogP contribution in [0, 0.1) is 0 Å². The first-order valence-electron chi connectivity index (χ1n) is 9.42. The second-order valence-electron chi connectivity index (χ2n) is 6.36. The monoisotopic (exact) mass is 341 g/mol. The van der Waals surface area contributed by atoms with Crippen LogP contribution in [-0.2, 0) is 0 Å². The van der Waals surface area contributed by atoms with Crippen molar-refractivity contribution in [3.8, 4) is 0 Å². The minimum absolute atomic E-state index is 0.0603. The number of amides is 4. The Bertz CT molecular complexity index is 346. The molecule has 1 saturated heterocycles. The van der Waals surface area contributed by atoms with Crippen molar-refractivity contribution in [1.29, 1.82) is 0 Å². The van der Waals surface area contributed by atoms with E-state index < -0.39 is 0 Å². The van der Waals surface area contributed by atoms with E-state index >= 15 is 0 Å². The lowest BCUT2D eigenvalue weighted by Gasteiger charge is -2.26. The maximum atomic E-state index is 11.6. The number of unbranched alkanes of at least 4 members (excludes halogenated alkanes) is 3. The molecule has 0 spiro atoms. The van der Waals surface area contributed by atoms with Crippen LogP contribution in [-0.4, -0.2) is 63.3 Å². The number of urea groups is 2. The Morgan fingerprint density at radius 2 is 1.29 bits per heavy atom. The maximum absolute atomic E-state index is 11.6. The molecule has 140 valence electrons. The minimum Gasteiger partial charge on any atom is -0.341 e. The van der Waals surface area contributed by atoms with Crippen molar-refractivity contribution < 1.29 is 9.59 Å². The van der Waals surface area contributed by atoms with Crippen molar-refractivity contribution >= 4 is 12.1 Å². The van der Waals surface area contributed by atoms with Crippen molar-refractivity contribution in [2.24, 2.45) is 0 Å². The second-order valence-corrected chi connectivity index (χ2v) is 6.36. The van der Waals surface area contributed by atoms with Crippen LogP contribution in [0.1, 0.15) is 51.4 Å². The van der Waals surface area contributed by atoms with E-state index in [1.165, 1.54) is 32.4 Å². The summed E-state index contributed by atoms with van der Waals surface area (Å²) in [6, 6.07) is -0.191. The maximum Gasteiger partial charge on any atom is 0.314 e. The number of piperidine rings is 1. The smallest absolute Gasteiger partial charge is 0.314 e. The molecule has 0 saturated carbocycles. The minimum atomic E-state index is -0.131. The van der Waals surface area contributed by atoms with Gasteiger partial charge in [-0.3, -0.25) is 0 Å². The lowest BCUT2D eigenvalue weighted by Crippen LogP contribution is -2.38. The fourth-order valence-corrected chi connectivity index (χ4v) is 2.85. The molecule has 0 aromatic rings. The number of carbonyl (C=O) groups is 2. The van der Waals surface area contributed by atoms with Gasteiger partial charge in [0, 0.05) is 26.7 Å². The van der Waals surface area contributed by atoms with Gasteiger partial charge in [0.2, 0.25) is 0 Å². The van der Waals surface area contributed by atoms with E-state index in [0.29, 0.717) is 13.1 Å². The fraction of sp³-hybridized carbons (Fsp3) is 0.882. The van der Waals surface area contributed by atoms with E-state index in [1.54, 1.807) is 7.05 Å². The summed E-state index contributed by atoms with van der Waals surface area (Å²) < 4.78 is 0. The van der Waals surface area contributed by atoms with E-state index in [9.17, 15) is 9.59 Å². The van der Waals surface area contributed by atoms with Gasteiger partial charge in [0.15, 0.2) is 0 Å². The molecule has 0 unspecified atom stereocenters. The fourth-order valence-electron chi connectivity index (χ4n) is 2.85. The van der Waals surface area contributed by atoms with Gasteiger partial charge < -0.3 is 26.2 Å². The average molecular weight is 342 g/mol. The second kappa shape index (κ2) is 13.9. The summed E-state index contributed by atoms with van der Waals surface area (Å²) in [6.07, 6.45) is 9.07. The number of rotatable bonds is 11. The Morgan fingerprint density at radius 3 is 1.88 bits per heavy atom. The summed E-state index contributed by atoms with van der Waals surface area (Å²) in [5, 5.41) is 11.1. The SMILES string of the molecule is CNC(=O)NCCCCCCNC(=O)NCCCN1CCCCC1. The van der Waals surface area contributed by atoms with Gasteiger partial charge in [0.1, 0.15) is 0 Å². The molecule has 7 heteroatoms. The van der Waals surface area contributed by atoms with Crippen LogP contribution >= 0.6 is 0 Å². The standard InChI is InChI=1S/C17H35N5O2/c1-18-16(23)19-10-5-2-3-6-11-20-17(24)21-12-9-15-22-13-7-4-8-14-22/h2-15H2,1H3,(H2,18,19,23)(H2,20,21,24). The van der Waals surface area contributed by atoms with E-state index in [2.05, 4.69) is 26.2 Å². The largest absolute Gasteiger partial charge is 0.341 e. The molecule has 7 nitrogen and oxygen atoms in total. The highest BCUT2D eigenvalue weighted by molar-refractivity contribution is 5.73. The Balaban J connectivity index is 1.81. The van der Waals surface area contributed by atoms with Crippen molar-refractivity contribution in [2.75, 3.05) is 46.3 Å². The molecule has 24 heavy (non-hydrogen) atoms. The van der Waals surface area contributed by atoms with Crippen LogP contribution in [0.4, 0.5) is 9.59 Å². The van der Waals surface area contributed by atoms with Crippen molar-refractivity contribution in [2.45, 2.75) is 51.4 Å². The molecule has 1 aliphatic heterocycles. The van der Waals surface area contributed by atoms with Crippen LogP contribution in [0.2, 0.25) is 0 Å². The predicted molar refractivity (Wildman–Crippen MR) is 97.2 cm³/mol. The van der Waals surface area contributed by atoms with E-state index in [1.807, 2.05) is 0 Å². The normalized spacial score (nSPS) is 14.9. The summed E-state index contributed by atoms with van der Waals surface area (Å²) in [6.45, 7) is 5.67. The highest BCUT2D eigenvalue weighted by Crippen LogP contribution is 2.08. The van der Waals surface area contributed by atoms with Crippen LogP contribution in [0.15, 0.2) is 0 Å². The predicted octanol–water partition coefficient (Wildman–Crippen LogP) is 1.65. The molecular weight excluding hydrogens is 306 g/mol. The zero-order chi connectivity index (χ0) is 17.5. The van der Waals surface area contributed by atoms with Crippen LogP contribution in [0.5, 0.6) is 0 Å². The number of hydrogen-bond donors (Lipinski definition) is 4. The van der Waals surface area contributed by atoms with E-state index in [-0.39, 0.29) is 12.1 Å². The zero-order valence-corrected chi connectivity index (χ0v) is 15.2. The molecule has 1 rings (SSSR count). The molecule has 1 aliphatic rings. The summed E-state index contributed by atoms with van der Waals surface area (Å²) in [4.78, 5) is 25.1.